The minimum absolute atomic E-state index is 0.224. The summed E-state index contributed by atoms with van der Waals surface area (Å²) in [4.78, 5) is 17.7. The highest BCUT2D eigenvalue weighted by atomic mass is 32.2. The Labute approximate surface area is 206 Å². The second kappa shape index (κ2) is 8.63. The number of thioether (sulfide) groups is 1. The Bertz CT molecular complexity index is 1440. The number of rotatable bonds is 4. The first-order valence-electron chi connectivity index (χ1n) is 11.2. The molecule has 0 bridgehead atoms. The number of hydrogen-bond donors (Lipinski definition) is 1. The number of hydrogen-bond acceptors (Lipinski definition) is 7. The minimum atomic E-state index is -0.401. The Morgan fingerprint density at radius 1 is 1.03 bits per heavy atom. The van der Waals surface area contributed by atoms with Crippen LogP contribution in [0.1, 0.15) is 39.2 Å². The molecule has 2 atom stereocenters. The fraction of sp³-hybridized carbons (Fsp3) is 0.148. The highest BCUT2D eigenvalue weighted by Crippen LogP contribution is 2.50. The van der Waals surface area contributed by atoms with E-state index >= 15 is 0 Å². The van der Waals surface area contributed by atoms with Crippen LogP contribution in [0.15, 0.2) is 89.6 Å². The van der Waals surface area contributed by atoms with Crippen LogP contribution in [0.25, 0.3) is 5.70 Å². The lowest BCUT2D eigenvalue weighted by Gasteiger charge is -2.39. The molecule has 2 aliphatic heterocycles. The minimum Gasteiger partial charge on any atom is -0.480 e. The molecule has 0 fully saturated rings. The SMILES string of the molecule is COC(=O)c1ccc([C@H]2Oc3ccccc3C3=C2[C@H](c2ccc(SC)cc2)n2ncnc2N3)cc1. The molecule has 0 saturated heterocycles. The van der Waals surface area contributed by atoms with Crippen LogP contribution in [0.4, 0.5) is 5.95 Å². The Kier molecular flexibility index (Phi) is 5.30. The van der Waals surface area contributed by atoms with Gasteiger partial charge in [-0.1, -0.05) is 36.4 Å². The van der Waals surface area contributed by atoms with E-state index < -0.39 is 6.10 Å². The smallest absolute Gasteiger partial charge is 0.337 e. The van der Waals surface area contributed by atoms with Crippen molar-refractivity contribution in [2.45, 2.75) is 17.0 Å². The average molecular weight is 483 g/mol. The van der Waals surface area contributed by atoms with Gasteiger partial charge in [-0.2, -0.15) is 10.1 Å². The van der Waals surface area contributed by atoms with Crippen LogP contribution in [0.3, 0.4) is 0 Å². The molecule has 35 heavy (non-hydrogen) atoms. The lowest BCUT2D eigenvalue weighted by atomic mass is 9.84. The Hall–Kier alpha value is -4.04. The van der Waals surface area contributed by atoms with Crippen LogP contribution < -0.4 is 10.1 Å². The lowest BCUT2D eigenvalue weighted by molar-refractivity contribution is 0.0600. The van der Waals surface area contributed by atoms with E-state index in [1.807, 2.05) is 41.1 Å². The Morgan fingerprint density at radius 2 is 1.77 bits per heavy atom. The summed E-state index contributed by atoms with van der Waals surface area (Å²) in [5.41, 5.74) is 5.48. The molecule has 3 aromatic carbocycles. The van der Waals surface area contributed by atoms with Gasteiger partial charge in [-0.25, -0.2) is 9.48 Å². The maximum atomic E-state index is 12.0. The van der Waals surface area contributed by atoms with Gasteiger partial charge in [0.2, 0.25) is 5.95 Å². The number of methoxy groups -OCH3 is 1. The van der Waals surface area contributed by atoms with Crippen molar-refractivity contribution >= 4 is 29.4 Å². The molecule has 8 heteroatoms. The van der Waals surface area contributed by atoms with Crippen LogP contribution in [0.5, 0.6) is 5.75 Å². The third-order valence-electron chi connectivity index (χ3n) is 6.39. The molecule has 0 aliphatic carbocycles. The van der Waals surface area contributed by atoms with Gasteiger partial charge in [0.05, 0.1) is 18.4 Å². The zero-order valence-electron chi connectivity index (χ0n) is 19.1. The molecule has 4 aromatic rings. The first-order chi connectivity index (χ1) is 17.2. The molecular weight excluding hydrogens is 460 g/mol. The number of carbonyl (C=O) groups is 1. The number of fused-ring (bicyclic) bond motifs is 3. The van der Waals surface area contributed by atoms with Gasteiger partial charge in [0.25, 0.3) is 0 Å². The molecular formula is C27H22N4O3S. The van der Waals surface area contributed by atoms with E-state index in [-0.39, 0.29) is 12.0 Å². The molecule has 1 aromatic heterocycles. The lowest BCUT2D eigenvalue weighted by Crippen LogP contribution is -2.32. The van der Waals surface area contributed by atoms with Crippen molar-refractivity contribution < 1.29 is 14.3 Å². The van der Waals surface area contributed by atoms with Gasteiger partial charge in [-0.15, -0.1) is 11.8 Å². The van der Waals surface area contributed by atoms with E-state index in [0.29, 0.717) is 11.5 Å². The maximum absolute atomic E-state index is 12.0. The predicted molar refractivity (Wildman–Crippen MR) is 135 cm³/mol. The highest BCUT2D eigenvalue weighted by Gasteiger charge is 2.40. The summed E-state index contributed by atoms with van der Waals surface area (Å²) in [6, 6.07) is 23.6. The first kappa shape index (κ1) is 21.5. The predicted octanol–water partition coefficient (Wildman–Crippen LogP) is 5.35. The number of ether oxygens (including phenoxy) is 2. The summed E-state index contributed by atoms with van der Waals surface area (Å²) in [5, 5.41) is 8.07. The van der Waals surface area contributed by atoms with Crippen molar-refractivity contribution in [2.75, 3.05) is 18.7 Å². The number of nitrogens with zero attached hydrogens (tertiary/aromatic N) is 3. The molecule has 3 heterocycles. The number of benzene rings is 3. The van der Waals surface area contributed by atoms with E-state index in [4.69, 9.17) is 9.47 Å². The molecule has 0 unspecified atom stereocenters. The van der Waals surface area contributed by atoms with Gasteiger partial charge < -0.3 is 14.8 Å². The number of carbonyl (C=O) groups excluding carboxylic acids is 1. The summed E-state index contributed by atoms with van der Waals surface area (Å²) < 4.78 is 13.4. The van der Waals surface area contributed by atoms with Gasteiger partial charge in [0.1, 0.15) is 24.2 Å². The number of para-hydroxylation sites is 1. The fourth-order valence-electron chi connectivity index (χ4n) is 4.71. The molecule has 0 amide bonds. The molecule has 0 spiro atoms. The fourth-order valence-corrected chi connectivity index (χ4v) is 5.12. The number of nitrogens with one attached hydrogen (secondary N) is 1. The number of aromatic nitrogens is 3. The van der Waals surface area contributed by atoms with Crippen LogP contribution >= 0.6 is 11.8 Å². The molecule has 7 nitrogen and oxygen atoms in total. The van der Waals surface area contributed by atoms with Gasteiger partial charge >= 0.3 is 5.97 Å². The summed E-state index contributed by atoms with van der Waals surface area (Å²) in [6.45, 7) is 0. The van der Waals surface area contributed by atoms with Gasteiger partial charge in [-0.05, 0) is 53.8 Å². The van der Waals surface area contributed by atoms with E-state index in [2.05, 4.69) is 45.9 Å². The van der Waals surface area contributed by atoms with Crippen molar-refractivity contribution in [3.8, 4) is 5.75 Å². The summed E-state index contributed by atoms with van der Waals surface area (Å²) >= 11 is 1.71. The van der Waals surface area contributed by atoms with Crippen molar-refractivity contribution in [1.82, 2.24) is 14.8 Å². The number of anilines is 1. The largest absolute Gasteiger partial charge is 0.480 e. The van der Waals surface area contributed by atoms with Crippen LogP contribution in [-0.4, -0.2) is 34.1 Å². The zero-order valence-corrected chi connectivity index (χ0v) is 20.0. The third-order valence-corrected chi connectivity index (χ3v) is 7.13. The van der Waals surface area contributed by atoms with E-state index in [0.717, 1.165) is 33.7 Å². The normalized spacial score (nSPS) is 18.0. The second-order valence-electron chi connectivity index (χ2n) is 8.27. The molecule has 0 saturated carbocycles. The summed E-state index contributed by atoms with van der Waals surface area (Å²) in [6.07, 6.45) is 3.23. The molecule has 2 aliphatic rings. The van der Waals surface area contributed by atoms with Crippen molar-refractivity contribution in [3.63, 3.8) is 0 Å². The van der Waals surface area contributed by atoms with Crippen LogP contribution in [0.2, 0.25) is 0 Å². The first-order valence-corrected chi connectivity index (χ1v) is 12.4. The van der Waals surface area contributed by atoms with E-state index in [1.165, 1.54) is 12.0 Å². The maximum Gasteiger partial charge on any atom is 0.337 e. The second-order valence-corrected chi connectivity index (χ2v) is 9.15. The van der Waals surface area contributed by atoms with Gasteiger partial charge in [0, 0.05) is 16.0 Å². The van der Waals surface area contributed by atoms with E-state index in [9.17, 15) is 4.79 Å². The average Bonchev–Trinajstić information content (AvgIpc) is 3.39. The van der Waals surface area contributed by atoms with Gasteiger partial charge in [-0.3, -0.25) is 0 Å². The third kappa shape index (κ3) is 3.57. The molecule has 1 N–H and O–H groups in total. The summed E-state index contributed by atoms with van der Waals surface area (Å²) in [7, 11) is 1.38. The van der Waals surface area contributed by atoms with Crippen molar-refractivity contribution in [2.24, 2.45) is 0 Å². The topological polar surface area (TPSA) is 78.3 Å². The molecule has 174 valence electrons. The highest BCUT2D eigenvalue weighted by molar-refractivity contribution is 7.98. The number of esters is 1. The van der Waals surface area contributed by atoms with Crippen molar-refractivity contribution in [3.05, 3.63) is 107 Å². The summed E-state index contributed by atoms with van der Waals surface area (Å²) in [5.74, 6) is 1.09. The molecule has 0 radical (unpaired) electrons. The van der Waals surface area contributed by atoms with Crippen LogP contribution in [-0.2, 0) is 4.74 Å². The monoisotopic (exact) mass is 482 g/mol. The van der Waals surface area contributed by atoms with Gasteiger partial charge in [0.15, 0.2) is 0 Å². The quantitative estimate of drug-likeness (QED) is 0.310. The standard InChI is InChI=1S/C27H22N4O3S/c1-33-26(32)18-9-7-17(8-10-18)25-22-23(20-5-3-4-6-21(20)34-25)30-27-28-15-29-31(27)24(22)16-11-13-19(35-2)14-12-16/h3-15,24-25H,1-2H3,(H,28,29,30)/t24-,25+/m0/s1. The molecule has 6 rings (SSSR count). The van der Waals surface area contributed by atoms with Crippen molar-refractivity contribution in [1.29, 1.82) is 0 Å². The van der Waals surface area contributed by atoms with E-state index in [1.54, 1.807) is 30.2 Å². The Balaban J connectivity index is 1.55. The zero-order chi connectivity index (χ0) is 23.9. The Morgan fingerprint density at radius 3 is 2.51 bits per heavy atom. The van der Waals surface area contributed by atoms with Crippen LogP contribution in [0, 0.1) is 0 Å².